The van der Waals surface area contributed by atoms with Gasteiger partial charge in [-0.3, -0.25) is 0 Å². The standard InChI is InChI=1S/C18H20N2O2S/c1-14-7-11-18(12-8-14)23(21,22)20-19-17-10-9-16(13-17)15-5-3-2-4-6-15/h2-8,11-12,16,20H,9-10,13H2,1H3/b19-17-. The van der Waals surface area contributed by atoms with Gasteiger partial charge in [0.05, 0.1) is 4.90 Å². The molecule has 1 saturated carbocycles. The number of hydrogen-bond donors (Lipinski definition) is 1. The van der Waals surface area contributed by atoms with E-state index in [4.69, 9.17) is 0 Å². The molecule has 0 aliphatic heterocycles. The third kappa shape index (κ3) is 3.79. The quantitative estimate of drug-likeness (QED) is 0.872. The Balaban J connectivity index is 1.68. The summed E-state index contributed by atoms with van der Waals surface area (Å²) in [6.07, 6.45) is 2.64. The van der Waals surface area contributed by atoms with Crippen molar-refractivity contribution in [2.24, 2.45) is 5.10 Å². The van der Waals surface area contributed by atoms with Crippen molar-refractivity contribution in [3.05, 3.63) is 65.7 Å². The zero-order chi connectivity index (χ0) is 16.3. The molecular formula is C18H20N2O2S. The van der Waals surface area contributed by atoms with Crippen molar-refractivity contribution >= 4 is 15.7 Å². The second-order valence-electron chi connectivity index (χ2n) is 5.94. The van der Waals surface area contributed by atoms with Crippen molar-refractivity contribution in [3.63, 3.8) is 0 Å². The smallest absolute Gasteiger partial charge is 0.200 e. The van der Waals surface area contributed by atoms with Crippen LogP contribution in [0.4, 0.5) is 0 Å². The summed E-state index contributed by atoms with van der Waals surface area (Å²) in [5.41, 5.74) is 3.23. The Labute approximate surface area is 137 Å². The van der Waals surface area contributed by atoms with Crippen LogP contribution in [0.1, 0.15) is 36.3 Å². The van der Waals surface area contributed by atoms with E-state index in [-0.39, 0.29) is 4.90 Å². The molecule has 5 heteroatoms. The van der Waals surface area contributed by atoms with Gasteiger partial charge in [-0.2, -0.15) is 13.5 Å². The molecule has 1 aliphatic rings. The molecule has 2 aromatic carbocycles. The minimum absolute atomic E-state index is 0.241. The fraction of sp³-hybridized carbons (Fsp3) is 0.278. The lowest BCUT2D eigenvalue weighted by Gasteiger charge is -2.08. The molecule has 0 spiro atoms. The van der Waals surface area contributed by atoms with Crippen LogP contribution in [-0.2, 0) is 10.0 Å². The summed E-state index contributed by atoms with van der Waals surface area (Å²) in [5.74, 6) is 0.429. The van der Waals surface area contributed by atoms with E-state index in [1.807, 2.05) is 25.1 Å². The summed E-state index contributed by atoms with van der Waals surface area (Å²) < 4.78 is 24.5. The van der Waals surface area contributed by atoms with Crippen molar-refractivity contribution in [1.82, 2.24) is 4.83 Å². The number of sulfonamides is 1. The number of hydrazone groups is 1. The van der Waals surface area contributed by atoms with Gasteiger partial charge in [0.2, 0.25) is 0 Å². The number of benzene rings is 2. The van der Waals surface area contributed by atoms with Gasteiger partial charge in [0.15, 0.2) is 0 Å². The lowest BCUT2D eigenvalue weighted by Crippen LogP contribution is -2.19. The van der Waals surface area contributed by atoms with E-state index in [0.717, 1.165) is 30.5 Å². The third-order valence-corrected chi connectivity index (χ3v) is 5.41. The Kier molecular flexibility index (Phi) is 4.48. The van der Waals surface area contributed by atoms with Gasteiger partial charge in [0.25, 0.3) is 10.0 Å². The summed E-state index contributed by atoms with van der Waals surface area (Å²) in [6.45, 7) is 1.92. The first-order chi connectivity index (χ1) is 11.0. The maximum atomic E-state index is 12.2. The lowest BCUT2D eigenvalue weighted by atomic mass is 9.98. The minimum atomic E-state index is -3.58. The monoisotopic (exact) mass is 328 g/mol. The van der Waals surface area contributed by atoms with Crippen LogP contribution < -0.4 is 4.83 Å². The van der Waals surface area contributed by atoms with E-state index in [0.29, 0.717) is 5.92 Å². The van der Waals surface area contributed by atoms with Crippen molar-refractivity contribution < 1.29 is 8.42 Å². The third-order valence-electron chi connectivity index (χ3n) is 4.19. The predicted octanol–water partition coefficient (Wildman–Crippen LogP) is 3.60. The summed E-state index contributed by atoms with van der Waals surface area (Å²) >= 11 is 0. The normalized spacial score (nSPS) is 19.9. The molecule has 1 unspecified atom stereocenters. The second-order valence-corrected chi connectivity index (χ2v) is 7.60. The van der Waals surface area contributed by atoms with Gasteiger partial charge >= 0.3 is 0 Å². The van der Waals surface area contributed by atoms with Crippen LogP contribution in [0, 0.1) is 6.92 Å². The Bertz CT molecular complexity index is 797. The van der Waals surface area contributed by atoms with Crippen LogP contribution in [0.15, 0.2) is 64.6 Å². The SMILES string of the molecule is Cc1ccc(S(=O)(=O)N/N=C2/CCC(c3ccccc3)C2)cc1. The molecule has 0 heterocycles. The van der Waals surface area contributed by atoms with E-state index in [1.54, 1.807) is 24.3 Å². The Morgan fingerprint density at radius 1 is 1.04 bits per heavy atom. The Morgan fingerprint density at radius 2 is 1.74 bits per heavy atom. The molecule has 2 aromatic rings. The maximum Gasteiger partial charge on any atom is 0.276 e. The first-order valence-electron chi connectivity index (χ1n) is 7.73. The highest BCUT2D eigenvalue weighted by atomic mass is 32.2. The summed E-state index contributed by atoms with van der Waals surface area (Å²) in [6, 6.07) is 17.1. The lowest BCUT2D eigenvalue weighted by molar-refractivity contribution is 0.584. The van der Waals surface area contributed by atoms with Crippen molar-refractivity contribution in [2.75, 3.05) is 0 Å². The molecule has 0 amide bonds. The number of aryl methyl sites for hydroxylation is 1. The van der Waals surface area contributed by atoms with Gasteiger partial charge in [-0.1, -0.05) is 48.0 Å². The topological polar surface area (TPSA) is 58.5 Å². The van der Waals surface area contributed by atoms with E-state index < -0.39 is 10.0 Å². The first kappa shape index (κ1) is 15.7. The Hall–Kier alpha value is -2.14. The fourth-order valence-electron chi connectivity index (χ4n) is 2.84. The molecule has 1 N–H and O–H groups in total. The summed E-state index contributed by atoms with van der Waals surface area (Å²) in [5, 5.41) is 4.15. The van der Waals surface area contributed by atoms with E-state index in [9.17, 15) is 8.42 Å². The zero-order valence-corrected chi connectivity index (χ0v) is 13.9. The van der Waals surface area contributed by atoms with Crippen LogP contribution in [0.3, 0.4) is 0 Å². The largest absolute Gasteiger partial charge is 0.276 e. The average molecular weight is 328 g/mol. The van der Waals surface area contributed by atoms with Gasteiger partial charge in [-0.25, -0.2) is 4.83 Å². The molecule has 0 aromatic heterocycles. The fourth-order valence-corrected chi connectivity index (χ4v) is 3.68. The molecule has 4 nitrogen and oxygen atoms in total. The molecule has 3 rings (SSSR count). The van der Waals surface area contributed by atoms with Crippen molar-refractivity contribution in [1.29, 1.82) is 0 Å². The van der Waals surface area contributed by atoms with E-state index in [2.05, 4.69) is 22.1 Å². The summed E-state index contributed by atoms with van der Waals surface area (Å²) in [7, 11) is -3.58. The predicted molar refractivity (Wildman–Crippen MR) is 92.0 cm³/mol. The van der Waals surface area contributed by atoms with Crippen LogP contribution in [0.5, 0.6) is 0 Å². The second kappa shape index (κ2) is 6.54. The highest BCUT2D eigenvalue weighted by Gasteiger charge is 2.23. The number of rotatable bonds is 4. The molecule has 0 bridgehead atoms. The number of nitrogens with one attached hydrogen (secondary N) is 1. The van der Waals surface area contributed by atoms with Crippen LogP contribution >= 0.6 is 0 Å². The highest BCUT2D eigenvalue weighted by Crippen LogP contribution is 2.32. The number of nitrogens with zero attached hydrogens (tertiary/aromatic N) is 1. The van der Waals surface area contributed by atoms with Gasteiger partial charge < -0.3 is 0 Å². The van der Waals surface area contributed by atoms with Gasteiger partial charge in [-0.05, 0) is 49.8 Å². The van der Waals surface area contributed by atoms with Gasteiger partial charge in [-0.15, -0.1) is 0 Å². The summed E-state index contributed by atoms with van der Waals surface area (Å²) in [4.78, 5) is 2.61. The van der Waals surface area contributed by atoms with Crippen molar-refractivity contribution in [2.45, 2.75) is 37.0 Å². The maximum absolute atomic E-state index is 12.2. The average Bonchev–Trinajstić information content (AvgIpc) is 3.03. The van der Waals surface area contributed by atoms with Crippen LogP contribution in [0.25, 0.3) is 0 Å². The first-order valence-corrected chi connectivity index (χ1v) is 9.22. The zero-order valence-electron chi connectivity index (χ0n) is 13.1. The highest BCUT2D eigenvalue weighted by molar-refractivity contribution is 7.89. The molecular weight excluding hydrogens is 308 g/mol. The van der Waals surface area contributed by atoms with Crippen LogP contribution in [-0.4, -0.2) is 14.1 Å². The van der Waals surface area contributed by atoms with E-state index in [1.165, 1.54) is 5.56 Å². The molecule has 1 aliphatic carbocycles. The molecule has 23 heavy (non-hydrogen) atoms. The molecule has 0 saturated heterocycles. The molecule has 1 fully saturated rings. The van der Waals surface area contributed by atoms with Crippen LogP contribution in [0.2, 0.25) is 0 Å². The molecule has 120 valence electrons. The minimum Gasteiger partial charge on any atom is -0.200 e. The van der Waals surface area contributed by atoms with Crippen molar-refractivity contribution in [3.8, 4) is 0 Å². The van der Waals surface area contributed by atoms with Gasteiger partial charge in [0.1, 0.15) is 0 Å². The van der Waals surface area contributed by atoms with E-state index >= 15 is 0 Å². The van der Waals surface area contributed by atoms with Gasteiger partial charge in [0, 0.05) is 5.71 Å². The Morgan fingerprint density at radius 3 is 2.43 bits per heavy atom. The molecule has 0 radical (unpaired) electrons. The molecule has 1 atom stereocenters. The number of hydrogen-bond acceptors (Lipinski definition) is 3.